The number of pyridine rings is 1. The van der Waals surface area contributed by atoms with Gasteiger partial charge in [0, 0.05) is 37.6 Å². The van der Waals surface area contributed by atoms with E-state index >= 15 is 0 Å². The molecule has 0 aliphatic rings. The van der Waals surface area contributed by atoms with E-state index in [4.69, 9.17) is 0 Å². The Hall–Kier alpha value is -1.68. The maximum atomic E-state index is 4.47. The zero-order chi connectivity index (χ0) is 13.7. The lowest BCUT2D eigenvalue weighted by molar-refractivity contribution is 0.421. The Balaban J connectivity index is 2.02. The molecule has 0 fully saturated rings. The van der Waals surface area contributed by atoms with Gasteiger partial charge in [-0.05, 0) is 24.5 Å². The minimum atomic E-state index is 0.293. The molecular formula is C15H22N4. The Morgan fingerprint density at radius 3 is 2.74 bits per heavy atom. The van der Waals surface area contributed by atoms with Gasteiger partial charge in [0.05, 0.1) is 11.9 Å². The van der Waals surface area contributed by atoms with Crippen LogP contribution in [0.5, 0.6) is 0 Å². The normalized spacial score (nSPS) is 12.8. The summed E-state index contributed by atoms with van der Waals surface area (Å²) in [6.45, 7) is 5.30. The fraction of sp³-hybridized carbons (Fsp3) is 0.467. The fourth-order valence-corrected chi connectivity index (χ4v) is 2.17. The molecule has 0 aliphatic heterocycles. The Kier molecular flexibility index (Phi) is 4.68. The van der Waals surface area contributed by atoms with Crippen LogP contribution in [0, 0.1) is 5.92 Å². The second kappa shape index (κ2) is 6.48. The number of aromatic nitrogens is 3. The van der Waals surface area contributed by atoms with Gasteiger partial charge < -0.3 is 5.32 Å². The molecule has 0 saturated carbocycles. The Morgan fingerprint density at radius 2 is 2.16 bits per heavy atom. The molecule has 0 amide bonds. The van der Waals surface area contributed by atoms with Crippen molar-refractivity contribution in [2.75, 3.05) is 0 Å². The maximum Gasteiger partial charge on any atom is 0.0573 e. The van der Waals surface area contributed by atoms with Crippen molar-refractivity contribution < 1.29 is 0 Å². The third-order valence-corrected chi connectivity index (χ3v) is 3.06. The van der Waals surface area contributed by atoms with Crippen LogP contribution in [0.4, 0.5) is 0 Å². The van der Waals surface area contributed by atoms with Crippen molar-refractivity contribution in [1.82, 2.24) is 20.1 Å². The predicted octanol–water partition coefficient (Wildman–Crippen LogP) is 2.69. The van der Waals surface area contributed by atoms with Crippen LogP contribution >= 0.6 is 0 Å². The highest BCUT2D eigenvalue weighted by Gasteiger charge is 2.14. The second-order valence-electron chi connectivity index (χ2n) is 5.34. The highest BCUT2D eigenvalue weighted by Crippen LogP contribution is 2.19. The molecule has 2 aromatic heterocycles. The van der Waals surface area contributed by atoms with Crippen molar-refractivity contribution in [3.8, 4) is 0 Å². The summed E-state index contributed by atoms with van der Waals surface area (Å²) in [5.41, 5.74) is 2.31. The summed E-state index contributed by atoms with van der Waals surface area (Å²) in [5.74, 6) is 0.633. The summed E-state index contributed by atoms with van der Waals surface area (Å²) in [6.07, 6.45) is 6.88. The van der Waals surface area contributed by atoms with Crippen LogP contribution in [-0.4, -0.2) is 14.8 Å². The summed E-state index contributed by atoms with van der Waals surface area (Å²) < 4.78 is 1.83. The molecule has 0 saturated heterocycles. The lowest BCUT2D eigenvalue weighted by Gasteiger charge is -2.19. The number of nitrogens with zero attached hydrogens (tertiary/aromatic N) is 3. The van der Waals surface area contributed by atoms with Crippen molar-refractivity contribution in [1.29, 1.82) is 0 Å². The van der Waals surface area contributed by atoms with Gasteiger partial charge in [-0.25, -0.2) is 0 Å². The molecule has 2 heterocycles. The zero-order valence-corrected chi connectivity index (χ0v) is 11.9. The van der Waals surface area contributed by atoms with Crippen molar-refractivity contribution in [2.45, 2.75) is 32.9 Å². The van der Waals surface area contributed by atoms with Crippen LogP contribution in [0.25, 0.3) is 0 Å². The summed E-state index contributed by atoms with van der Waals surface area (Å²) in [5, 5.41) is 7.77. The number of hydrogen-bond acceptors (Lipinski definition) is 3. The molecule has 0 radical (unpaired) electrons. The number of rotatable bonds is 6. The summed E-state index contributed by atoms with van der Waals surface area (Å²) in [6, 6.07) is 6.38. The van der Waals surface area contributed by atoms with Crippen LogP contribution in [0.15, 0.2) is 36.8 Å². The summed E-state index contributed by atoms with van der Waals surface area (Å²) in [7, 11) is 1.94. The van der Waals surface area contributed by atoms with Gasteiger partial charge in [0.25, 0.3) is 0 Å². The van der Waals surface area contributed by atoms with Gasteiger partial charge in [0.2, 0.25) is 0 Å². The molecule has 0 aliphatic carbocycles. The molecule has 0 spiro atoms. The molecule has 4 heteroatoms. The quantitative estimate of drug-likeness (QED) is 0.866. The van der Waals surface area contributed by atoms with Gasteiger partial charge >= 0.3 is 0 Å². The van der Waals surface area contributed by atoms with Crippen LogP contribution in [0.2, 0.25) is 0 Å². The Bertz CT molecular complexity index is 490. The van der Waals surface area contributed by atoms with E-state index in [9.17, 15) is 0 Å². The monoisotopic (exact) mass is 258 g/mol. The molecule has 2 aromatic rings. The lowest BCUT2D eigenvalue weighted by atomic mass is 10.0. The van der Waals surface area contributed by atoms with Gasteiger partial charge in [0.15, 0.2) is 0 Å². The highest BCUT2D eigenvalue weighted by molar-refractivity contribution is 5.10. The van der Waals surface area contributed by atoms with Crippen LogP contribution in [0.1, 0.15) is 37.6 Å². The minimum Gasteiger partial charge on any atom is -0.304 e. The van der Waals surface area contributed by atoms with E-state index in [-0.39, 0.29) is 0 Å². The molecule has 2 rings (SSSR count). The van der Waals surface area contributed by atoms with E-state index in [1.807, 2.05) is 42.5 Å². The number of nitrogens with one attached hydrogen (secondary N) is 1. The van der Waals surface area contributed by atoms with Gasteiger partial charge in [0.1, 0.15) is 0 Å². The molecule has 1 atom stereocenters. The largest absolute Gasteiger partial charge is 0.304 e. The van der Waals surface area contributed by atoms with E-state index in [1.54, 1.807) is 0 Å². The zero-order valence-electron chi connectivity index (χ0n) is 11.9. The maximum absolute atomic E-state index is 4.47. The molecular weight excluding hydrogens is 236 g/mol. The average molecular weight is 258 g/mol. The van der Waals surface area contributed by atoms with Crippen molar-refractivity contribution in [3.63, 3.8) is 0 Å². The van der Waals surface area contributed by atoms with E-state index < -0.39 is 0 Å². The van der Waals surface area contributed by atoms with Crippen LogP contribution in [-0.2, 0) is 13.6 Å². The molecule has 19 heavy (non-hydrogen) atoms. The minimum absolute atomic E-state index is 0.293. The third-order valence-electron chi connectivity index (χ3n) is 3.06. The number of aryl methyl sites for hydroxylation is 1. The van der Waals surface area contributed by atoms with E-state index in [0.717, 1.165) is 18.7 Å². The molecule has 1 unspecified atom stereocenters. The SMILES string of the molecule is CC(C)CC(NCc1cnn(C)c1)c1ccccn1. The number of hydrogen-bond donors (Lipinski definition) is 1. The van der Waals surface area contributed by atoms with Gasteiger partial charge in [-0.2, -0.15) is 5.10 Å². The third kappa shape index (κ3) is 4.17. The average Bonchev–Trinajstić information content (AvgIpc) is 2.81. The molecule has 1 N–H and O–H groups in total. The van der Waals surface area contributed by atoms with Gasteiger partial charge in [-0.1, -0.05) is 19.9 Å². The topological polar surface area (TPSA) is 42.7 Å². The van der Waals surface area contributed by atoms with E-state index in [1.165, 1.54) is 5.56 Å². The van der Waals surface area contributed by atoms with Crippen LogP contribution in [0.3, 0.4) is 0 Å². The smallest absolute Gasteiger partial charge is 0.0573 e. The first-order valence-corrected chi connectivity index (χ1v) is 6.77. The Labute approximate surface area is 114 Å². The molecule has 0 aromatic carbocycles. The highest BCUT2D eigenvalue weighted by atomic mass is 15.2. The van der Waals surface area contributed by atoms with E-state index in [2.05, 4.69) is 35.3 Å². The molecule has 0 bridgehead atoms. The summed E-state index contributed by atoms with van der Waals surface area (Å²) in [4.78, 5) is 4.47. The molecule has 102 valence electrons. The van der Waals surface area contributed by atoms with Gasteiger partial charge in [-0.3, -0.25) is 9.67 Å². The van der Waals surface area contributed by atoms with Crippen LogP contribution < -0.4 is 5.32 Å². The summed E-state index contributed by atoms with van der Waals surface area (Å²) >= 11 is 0. The van der Waals surface area contributed by atoms with Crippen molar-refractivity contribution >= 4 is 0 Å². The second-order valence-corrected chi connectivity index (χ2v) is 5.34. The Morgan fingerprint density at radius 1 is 1.32 bits per heavy atom. The van der Waals surface area contributed by atoms with E-state index in [0.29, 0.717) is 12.0 Å². The first kappa shape index (κ1) is 13.7. The van der Waals surface area contributed by atoms with Crippen molar-refractivity contribution in [3.05, 3.63) is 48.0 Å². The van der Waals surface area contributed by atoms with Crippen molar-refractivity contribution in [2.24, 2.45) is 13.0 Å². The lowest BCUT2D eigenvalue weighted by Crippen LogP contribution is -2.23. The van der Waals surface area contributed by atoms with Gasteiger partial charge in [-0.15, -0.1) is 0 Å². The first-order chi connectivity index (χ1) is 9.15. The standard InChI is InChI=1S/C15H22N4/c1-12(2)8-15(14-6-4-5-7-16-14)17-9-13-10-18-19(3)11-13/h4-7,10-12,15,17H,8-9H2,1-3H3. The molecule has 4 nitrogen and oxygen atoms in total. The first-order valence-electron chi connectivity index (χ1n) is 6.77. The fourth-order valence-electron chi connectivity index (χ4n) is 2.17. The predicted molar refractivity (Wildman–Crippen MR) is 76.5 cm³/mol.